The van der Waals surface area contributed by atoms with E-state index in [1.165, 1.54) is 0 Å². The van der Waals surface area contributed by atoms with Gasteiger partial charge in [0.15, 0.2) is 0 Å². The lowest BCUT2D eigenvalue weighted by atomic mass is 9.82. The zero-order chi connectivity index (χ0) is 16.4. The van der Waals surface area contributed by atoms with Gasteiger partial charge in [-0.15, -0.1) is 10.2 Å². The van der Waals surface area contributed by atoms with Gasteiger partial charge in [-0.1, -0.05) is 28.5 Å². The molecule has 1 aliphatic rings. The molecule has 24 heavy (non-hydrogen) atoms. The van der Waals surface area contributed by atoms with E-state index in [-0.39, 0.29) is 0 Å². The fourth-order valence-electron chi connectivity index (χ4n) is 2.68. The highest BCUT2D eigenvalue weighted by Gasteiger charge is 2.34. The molecule has 124 valence electrons. The van der Waals surface area contributed by atoms with Crippen molar-refractivity contribution in [1.29, 1.82) is 0 Å². The summed E-state index contributed by atoms with van der Waals surface area (Å²) in [6, 6.07) is 10.2. The van der Waals surface area contributed by atoms with Crippen LogP contribution in [0.2, 0.25) is 0 Å². The number of rotatable bonds is 6. The summed E-state index contributed by atoms with van der Waals surface area (Å²) >= 11 is 0. The molecule has 0 atom stereocenters. The molecule has 0 spiro atoms. The minimum absolute atomic E-state index is 0.303. The van der Waals surface area contributed by atoms with E-state index in [0.717, 1.165) is 24.2 Å². The Morgan fingerprint density at radius 2 is 2.04 bits per heavy atom. The maximum absolute atomic E-state index is 5.65. The second-order valence-electron chi connectivity index (χ2n) is 5.82. The topological polar surface area (TPSA) is 90.9 Å². The molecule has 1 aliphatic carbocycles. The van der Waals surface area contributed by atoms with Crippen molar-refractivity contribution in [3.8, 4) is 5.69 Å². The Morgan fingerprint density at radius 3 is 2.83 bits per heavy atom. The van der Waals surface area contributed by atoms with E-state index in [4.69, 9.17) is 9.15 Å². The Balaban J connectivity index is 1.34. The molecule has 1 saturated carbocycles. The minimum atomic E-state index is 0.303. The molecular weight excluding hydrogens is 308 g/mol. The lowest BCUT2D eigenvalue weighted by Gasteiger charge is -2.31. The molecule has 2 aromatic heterocycles. The number of para-hydroxylation sites is 1. The Kier molecular flexibility index (Phi) is 3.96. The van der Waals surface area contributed by atoms with Crippen molar-refractivity contribution in [2.45, 2.75) is 31.4 Å². The maximum Gasteiger partial charge on any atom is 0.315 e. The molecule has 8 nitrogen and oxygen atoms in total. The van der Waals surface area contributed by atoms with Crippen LogP contribution < -0.4 is 5.32 Å². The zero-order valence-electron chi connectivity index (χ0n) is 13.3. The van der Waals surface area contributed by atoms with E-state index in [2.05, 4.69) is 25.8 Å². The van der Waals surface area contributed by atoms with Gasteiger partial charge in [0, 0.05) is 13.0 Å². The molecule has 1 aromatic carbocycles. The van der Waals surface area contributed by atoms with Gasteiger partial charge >= 0.3 is 6.01 Å². The molecule has 4 rings (SSSR count). The van der Waals surface area contributed by atoms with Crippen molar-refractivity contribution in [2.75, 3.05) is 12.4 Å². The number of hydrogen-bond acceptors (Lipinski definition) is 7. The molecule has 3 aromatic rings. The van der Waals surface area contributed by atoms with Gasteiger partial charge in [0.2, 0.25) is 5.89 Å². The van der Waals surface area contributed by atoms with E-state index in [0.29, 0.717) is 30.5 Å². The summed E-state index contributed by atoms with van der Waals surface area (Å²) in [5, 5.41) is 19.5. The lowest BCUT2D eigenvalue weighted by molar-refractivity contribution is 0.0192. The van der Waals surface area contributed by atoms with Gasteiger partial charge in [0.1, 0.15) is 5.69 Å². The lowest BCUT2D eigenvalue weighted by Crippen LogP contribution is -2.28. The zero-order valence-corrected chi connectivity index (χ0v) is 13.3. The summed E-state index contributed by atoms with van der Waals surface area (Å²) in [5.74, 6) is 0.968. The van der Waals surface area contributed by atoms with Crippen LogP contribution in [-0.4, -0.2) is 38.4 Å². The van der Waals surface area contributed by atoms with E-state index in [1.807, 2.05) is 36.5 Å². The number of ether oxygens (including phenoxy) is 1. The van der Waals surface area contributed by atoms with E-state index < -0.39 is 0 Å². The predicted octanol–water partition coefficient (Wildman–Crippen LogP) is 2.15. The molecule has 0 amide bonds. The molecule has 0 aliphatic heterocycles. The van der Waals surface area contributed by atoms with Crippen molar-refractivity contribution in [2.24, 2.45) is 0 Å². The summed E-state index contributed by atoms with van der Waals surface area (Å²) in [5.41, 5.74) is 1.76. The first-order chi connectivity index (χ1) is 11.8. The van der Waals surface area contributed by atoms with Gasteiger partial charge in [0.05, 0.1) is 24.5 Å². The Bertz CT molecular complexity index is 794. The molecule has 0 unspecified atom stereocenters. The fraction of sp³-hybridized carbons (Fsp3) is 0.375. The third-order valence-electron chi connectivity index (χ3n) is 4.20. The average molecular weight is 326 g/mol. The number of anilines is 1. The van der Waals surface area contributed by atoms with Crippen LogP contribution in [0.15, 0.2) is 40.9 Å². The van der Waals surface area contributed by atoms with Gasteiger partial charge in [-0.25, -0.2) is 4.68 Å². The van der Waals surface area contributed by atoms with E-state index >= 15 is 0 Å². The maximum atomic E-state index is 5.65. The van der Waals surface area contributed by atoms with Crippen LogP contribution in [0, 0.1) is 0 Å². The van der Waals surface area contributed by atoms with Crippen LogP contribution in [-0.2, 0) is 11.3 Å². The van der Waals surface area contributed by atoms with Crippen molar-refractivity contribution in [1.82, 2.24) is 25.2 Å². The monoisotopic (exact) mass is 326 g/mol. The first-order valence-electron chi connectivity index (χ1n) is 7.88. The fourth-order valence-corrected chi connectivity index (χ4v) is 2.68. The highest BCUT2D eigenvalue weighted by atomic mass is 16.5. The largest absolute Gasteiger partial charge is 0.408 e. The molecule has 1 fully saturated rings. The van der Waals surface area contributed by atoms with Gasteiger partial charge in [-0.2, -0.15) is 0 Å². The van der Waals surface area contributed by atoms with Gasteiger partial charge < -0.3 is 14.5 Å². The highest BCUT2D eigenvalue weighted by Crippen LogP contribution is 2.37. The summed E-state index contributed by atoms with van der Waals surface area (Å²) < 4.78 is 12.6. The summed E-state index contributed by atoms with van der Waals surface area (Å²) in [6.45, 7) is 0.472. The van der Waals surface area contributed by atoms with Crippen molar-refractivity contribution in [3.63, 3.8) is 0 Å². The number of nitrogens with one attached hydrogen (secondary N) is 1. The number of aromatic nitrogens is 5. The quantitative estimate of drug-likeness (QED) is 0.742. The van der Waals surface area contributed by atoms with Gasteiger partial charge in [-0.3, -0.25) is 0 Å². The van der Waals surface area contributed by atoms with E-state index in [9.17, 15) is 0 Å². The summed E-state index contributed by atoms with van der Waals surface area (Å²) in [6.07, 6.45) is 4.05. The normalized spacial score (nSPS) is 19.9. The average Bonchev–Trinajstić information content (AvgIpc) is 3.22. The standard InChI is InChI=1S/C16H18N6O2/c1-23-14-7-11(8-14)15-19-20-16(24-15)17-9-12-10-22(21-18-12)13-5-3-2-4-6-13/h2-6,10-11,14H,7-9H2,1H3,(H,17,20). The molecule has 8 heteroatoms. The summed E-state index contributed by atoms with van der Waals surface area (Å²) in [4.78, 5) is 0. The van der Waals surface area contributed by atoms with Gasteiger partial charge in [-0.05, 0) is 25.0 Å². The Morgan fingerprint density at radius 1 is 1.21 bits per heavy atom. The second kappa shape index (κ2) is 6.40. The smallest absolute Gasteiger partial charge is 0.315 e. The number of methoxy groups -OCH3 is 1. The number of benzene rings is 1. The third-order valence-corrected chi connectivity index (χ3v) is 4.20. The van der Waals surface area contributed by atoms with E-state index in [1.54, 1.807) is 11.8 Å². The van der Waals surface area contributed by atoms with Crippen LogP contribution in [0.25, 0.3) is 5.69 Å². The van der Waals surface area contributed by atoms with Gasteiger partial charge in [0.25, 0.3) is 0 Å². The molecule has 0 radical (unpaired) electrons. The molecule has 0 bridgehead atoms. The molecule has 0 saturated heterocycles. The van der Waals surface area contributed by atoms with Crippen molar-refractivity contribution < 1.29 is 9.15 Å². The molecule has 2 heterocycles. The Labute approximate surface area is 138 Å². The minimum Gasteiger partial charge on any atom is -0.408 e. The second-order valence-corrected chi connectivity index (χ2v) is 5.82. The summed E-state index contributed by atoms with van der Waals surface area (Å²) in [7, 11) is 1.73. The molecule has 1 N–H and O–H groups in total. The first kappa shape index (κ1) is 14.8. The van der Waals surface area contributed by atoms with Crippen LogP contribution in [0.3, 0.4) is 0 Å². The SMILES string of the molecule is COC1CC(c2nnc(NCc3cn(-c4ccccc4)nn3)o2)C1. The number of nitrogens with zero attached hydrogens (tertiary/aromatic N) is 5. The Hall–Kier alpha value is -2.74. The predicted molar refractivity (Wildman–Crippen MR) is 85.8 cm³/mol. The number of hydrogen-bond donors (Lipinski definition) is 1. The van der Waals surface area contributed by atoms with Crippen LogP contribution in [0.1, 0.15) is 30.3 Å². The van der Waals surface area contributed by atoms with Crippen LogP contribution in [0.5, 0.6) is 0 Å². The first-order valence-corrected chi connectivity index (χ1v) is 7.88. The van der Waals surface area contributed by atoms with Crippen molar-refractivity contribution in [3.05, 3.63) is 48.1 Å². The van der Waals surface area contributed by atoms with Crippen LogP contribution >= 0.6 is 0 Å². The third kappa shape index (κ3) is 3.00. The molecular formula is C16H18N6O2. The van der Waals surface area contributed by atoms with Crippen molar-refractivity contribution >= 4 is 6.01 Å². The highest BCUT2D eigenvalue weighted by molar-refractivity contribution is 5.30. The van der Waals surface area contributed by atoms with Crippen LogP contribution in [0.4, 0.5) is 6.01 Å².